The van der Waals surface area contributed by atoms with Gasteiger partial charge in [0.05, 0.1) is 10.6 Å². The van der Waals surface area contributed by atoms with E-state index in [1.54, 1.807) is 0 Å². The van der Waals surface area contributed by atoms with Crippen molar-refractivity contribution in [3.63, 3.8) is 0 Å². The highest BCUT2D eigenvalue weighted by atomic mass is 35.5. The number of hydrogen-bond donors (Lipinski definition) is 1. The highest BCUT2D eigenvalue weighted by Gasteiger charge is 2.33. The van der Waals surface area contributed by atoms with Gasteiger partial charge in [-0.05, 0) is 29.7 Å². The maximum Gasteiger partial charge on any atom is 0.417 e. The standard InChI is InChI=1S/C16H15ClF3N3OS/c1-9(2)7-14-22-23-15(25-14)21-13(24)6-4-10-3-5-12(17)11(8-10)16(18,19)20/h3-6,8-9H,7H2,1-2H3,(H,21,23,24)/b6-4+. The zero-order valence-corrected chi connectivity index (χ0v) is 15.0. The number of alkyl halides is 3. The fraction of sp³-hybridized carbons (Fsp3) is 0.312. The first-order valence-corrected chi connectivity index (χ1v) is 8.53. The molecular formula is C16H15ClF3N3OS. The normalized spacial score (nSPS) is 12.1. The number of halogens is 4. The van der Waals surface area contributed by atoms with Crippen LogP contribution in [-0.2, 0) is 17.4 Å². The molecule has 2 aromatic rings. The molecule has 2 rings (SSSR count). The van der Waals surface area contributed by atoms with Crippen LogP contribution in [0.4, 0.5) is 18.3 Å². The SMILES string of the molecule is CC(C)Cc1nnc(NC(=O)/C=C/c2ccc(Cl)c(C(F)(F)F)c2)s1. The summed E-state index contributed by atoms with van der Waals surface area (Å²) in [5, 5.41) is 11.1. The van der Waals surface area contributed by atoms with Gasteiger partial charge in [0.25, 0.3) is 0 Å². The Hall–Kier alpha value is -1.93. The van der Waals surface area contributed by atoms with Gasteiger partial charge in [0.1, 0.15) is 5.01 Å². The van der Waals surface area contributed by atoms with Gasteiger partial charge in [-0.15, -0.1) is 10.2 Å². The number of anilines is 1. The van der Waals surface area contributed by atoms with Crippen LogP contribution in [0.5, 0.6) is 0 Å². The maximum atomic E-state index is 12.8. The van der Waals surface area contributed by atoms with Gasteiger partial charge < -0.3 is 0 Å². The van der Waals surface area contributed by atoms with Crippen LogP contribution in [0.1, 0.15) is 30.0 Å². The zero-order chi connectivity index (χ0) is 18.6. The molecule has 1 N–H and O–H groups in total. The molecule has 1 aromatic carbocycles. The van der Waals surface area contributed by atoms with E-state index >= 15 is 0 Å². The van der Waals surface area contributed by atoms with E-state index < -0.39 is 17.6 Å². The van der Waals surface area contributed by atoms with Gasteiger partial charge in [0.2, 0.25) is 11.0 Å². The minimum Gasteiger partial charge on any atom is -0.297 e. The van der Waals surface area contributed by atoms with Gasteiger partial charge in [-0.2, -0.15) is 13.2 Å². The van der Waals surface area contributed by atoms with Crippen LogP contribution < -0.4 is 5.32 Å². The van der Waals surface area contributed by atoms with Crippen LogP contribution in [0.15, 0.2) is 24.3 Å². The molecule has 0 aliphatic rings. The first-order valence-electron chi connectivity index (χ1n) is 7.33. The molecule has 1 heterocycles. The molecular weight excluding hydrogens is 375 g/mol. The predicted octanol–water partition coefficient (Wildman–Crippen LogP) is 5.06. The Bertz CT molecular complexity index is 787. The Balaban J connectivity index is 2.04. The molecule has 0 bridgehead atoms. The predicted molar refractivity (Wildman–Crippen MR) is 92.6 cm³/mol. The summed E-state index contributed by atoms with van der Waals surface area (Å²) in [6.07, 6.45) is -1.39. The van der Waals surface area contributed by atoms with Crippen molar-refractivity contribution in [3.05, 3.63) is 45.4 Å². The number of nitrogens with one attached hydrogen (secondary N) is 1. The van der Waals surface area contributed by atoms with Crippen molar-refractivity contribution in [2.45, 2.75) is 26.4 Å². The molecule has 0 aliphatic heterocycles. The largest absolute Gasteiger partial charge is 0.417 e. The second-order valence-electron chi connectivity index (χ2n) is 5.66. The summed E-state index contributed by atoms with van der Waals surface area (Å²) in [6, 6.07) is 3.43. The number of rotatable bonds is 5. The average molecular weight is 390 g/mol. The minimum absolute atomic E-state index is 0.213. The lowest BCUT2D eigenvalue weighted by atomic mass is 10.1. The Morgan fingerprint density at radius 2 is 2.08 bits per heavy atom. The number of nitrogens with zero attached hydrogens (tertiary/aromatic N) is 2. The first kappa shape index (κ1) is 19.4. The quantitative estimate of drug-likeness (QED) is 0.727. The molecule has 0 saturated carbocycles. The molecule has 9 heteroatoms. The third-order valence-corrected chi connectivity index (χ3v) is 4.19. The number of carbonyl (C=O) groups excluding carboxylic acids is 1. The van der Waals surface area contributed by atoms with Crippen LogP contribution >= 0.6 is 22.9 Å². The molecule has 0 atom stereocenters. The molecule has 25 heavy (non-hydrogen) atoms. The van der Waals surface area contributed by atoms with Crippen LogP contribution in [0.25, 0.3) is 6.08 Å². The summed E-state index contributed by atoms with van der Waals surface area (Å²) < 4.78 is 38.4. The molecule has 4 nitrogen and oxygen atoms in total. The number of carbonyl (C=O) groups is 1. The van der Waals surface area contributed by atoms with Gasteiger partial charge in [0, 0.05) is 12.5 Å². The third kappa shape index (κ3) is 5.82. The number of benzene rings is 1. The molecule has 0 aliphatic carbocycles. The van der Waals surface area contributed by atoms with Crippen molar-refractivity contribution in [3.8, 4) is 0 Å². The Morgan fingerprint density at radius 3 is 2.72 bits per heavy atom. The van der Waals surface area contributed by atoms with Gasteiger partial charge in [-0.25, -0.2) is 0 Å². The van der Waals surface area contributed by atoms with Crippen molar-refractivity contribution in [2.24, 2.45) is 5.92 Å². The number of aromatic nitrogens is 2. The van der Waals surface area contributed by atoms with E-state index in [0.717, 1.165) is 29.6 Å². The summed E-state index contributed by atoms with van der Waals surface area (Å²) in [5.41, 5.74) is -0.733. The van der Waals surface area contributed by atoms with E-state index in [9.17, 15) is 18.0 Å². The highest BCUT2D eigenvalue weighted by molar-refractivity contribution is 7.15. The zero-order valence-electron chi connectivity index (χ0n) is 13.4. The summed E-state index contributed by atoms with van der Waals surface area (Å²) in [4.78, 5) is 11.9. The van der Waals surface area contributed by atoms with E-state index in [1.807, 2.05) is 13.8 Å². The van der Waals surface area contributed by atoms with Crippen LogP contribution in [0.3, 0.4) is 0 Å². The summed E-state index contributed by atoms with van der Waals surface area (Å²) in [5.74, 6) is -0.0834. The van der Waals surface area contributed by atoms with Crippen molar-refractivity contribution in [1.29, 1.82) is 0 Å². The molecule has 0 unspecified atom stereocenters. The maximum absolute atomic E-state index is 12.8. The average Bonchev–Trinajstić information content (AvgIpc) is 2.91. The Labute approximate surface area is 151 Å². The number of hydrogen-bond acceptors (Lipinski definition) is 4. The van der Waals surface area contributed by atoms with Crippen molar-refractivity contribution in [1.82, 2.24) is 10.2 Å². The molecule has 0 spiro atoms. The van der Waals surface area contributed by atoms with Gasteiger partial charge in [-0.1, -0.05) is 42.9 Å². The van der Waals surface area contributed by atoms with Crippen LogP contribution in [-0.4, -0.2) is 16.1 Å². The Morgan fingerprint density at radius 1 is 1.36 bits per heavy atom. The fourth-order valence-electron chi connectivity index (χ4n) is 1.92. The van der Waals surface area contributed by atoms with Gasteiger partial charge in [-0.3, -0.25) is 10.1 Å². The van der Waals surface area contributed by atoms with E-state index in [4.69, 9.17) is 11.6 Å². The lowest BCUT2D eigenvalue weighted by molar-refractivity contribution is -0.137. The van der Waals surface area contributed by atoms with Gasteiger partial charge in [0.15, 0.2) is 0 Å². The highest BCUT2D eigenvalue weighted by Crippen LogP contribution is 2.35. The summed E-state index contributed by atoms with van der Waals surface area (Å²) in [7, 11) is 0. The van der Waals surface area contributed by atoms with E-state index in [2.05, 4.69) is 15.5 Å². The van der Waals surface area contributed by atoms with Crippen molar-refractivity contribution >= 4 is 40.1 Å². The van der Waals surface area contributed by atoms with Crippen molar-refractivity contribution in [2.75, 3.05) is 5.32 Å². The smallest absolute Gasteiger partial charge is 0.297 e. The monoisotopic (exact) mass is 389 g/mol. The number of amides is 1. The molecule has 0 saturated heterocycles. The lowest BCUT2D eigenvalue weighted by Gasteiger charge is -2.09. The summed E-state index contributed by atoms with van der Waals surface area (Å²) in [6.45, 7) is 4.09. The second-order valence-corrected chi connectivity index (χ2v) is 7.13. The molecule has 0 fully saturated rings. The lowest BCUT2D eigenvalue weighted by Crippen LogP contribution is -2.08. The van der Waals surface area contributed by atoms with E-state index in [-0.39, 0.29) is 10.6 Å². The van der Waals surface area contributed by atoms with Crippen molar-refractivity contribution < 1.29 is 18.0 Å². The molecule has 134 valence electrons. The topological polar surface area (TPSA) is 54.9 Å². The second kappa shape index (κ2) is 7.97. The first-order chi connectivity index (χ1) is 11.6. The minimum atomic E-state index is -4.55. The third-order valence-electron chi connectivity index (χ3n) is 3.00. The van der Waals surface area contributed by atoms with E-state index in [0.29, 0.717) is 11.0 Å². The molecule has 1 aromatic heterocycles. The molecule has 1 amide bonds. The molecule has 0 radical (unpaired) electrons. The van der Waals surface area contributed by atoms with Crippen LogP contribution in [0, 0.1) is 5.92 Å². The van der Waals surface area contributed by atoms with E-state index in [1.165, 1.54) is 23.5 Å². The van der Waals surface area contributed by atoms with Gasteiger partial charge >= 0.3 is 6.18 Å². The van der Waals surface area contributed by atoms with Crippen LogP contribution in [0.2, 0.25) is 5.02 Å². The fourth-order valence-corrected chi connectivity index (χ4v) is 3.10. The summed E-state index contributed by atoms with van der Waals surface area (Å²) >= 11 is 6.82. The Kier molecular flexibility index (Phi) is 6.18.